The number of carbonyl (C=O) groups excluding carboxylic acids is 1. The van der Waals surface area contributed by atoms with E-state index in [2.05, 4.69) is 64.2 Å². The fourth-order valence-electron chi connectivity index (χ4n) is 4.04. The Morgan fingerprint density at radius 1 is 1.08 bits per heavy atom. The van der Waals surface area contributed by atoms with E-state index in [4.69, 9.17) is 0 Å². The molecule has 1 atom stereocenters. The van der Waals surface area contributed by atoms with Gasteiger partial charge >= 0.3 is 0 Å². The van der Waals surface area contributed by atoms with Crippen LogP contribution in [-0.4, -0.2) is 74.6 Å². The van der Waals surface area contributed by atoms with Gasteiger partial charge in [-0.05, 0) is 30.4 Å². The lowest BCUT2D eigenvalue weighted by molar-refractivity contribution is -0.122. The molecule has 2 aliphatic heterocycles. The van der Waals surface area contributed by atoms with Crippen LogP contribution in [0.1, 0.15) is 20.3 Å². The van der Waals surface area contributed by atoms with E-state index in [0.29, 0.717) is 18.4 Å². The van der Waals surface area contributed by atoms with Gasteiger partial charge in [0.25, 0.3) is 0 Å². The molecule has 1 amide bonds. The number of nitrogens with one attached hydrogen (secondary N) is 1. The molecule has 2 fully saturated rings. The number of benzene rings is 1. The van der Waals surface area contributed by atoms with Crippen molar-refractivity contribution in [3.05, 3.63) is 30.3 Å². The first-order valence-electron chi connectivity index (χ1n) is 10.1. The van der Waals surface area contributed by atoms with Crippen molar-refractivity contribution >= 4 is 11.6 Å². The minimum Gasteiger partial charge on any atom is -0.371 e. The van der Waals surface area contributed by atoms with Gasteiger partial charge in [-0.1, -0.05) is 32.0 Å². The lowest BCUT2D eigenvalue weighted by Crippen LogP contribution is -2.50. The molecule has 3 rings (SSSR count). The van der Waals surface area contributed by atoms with Gasteiger partial charge in [-0.15, -0.1) is 0 Å². The van der Waals surface area contributed by atoms with Crippen LogP contribution < -0.4 is 10.2 Å². The van der Waals surface area contributed by atoms with Crippen LogP contribution in [0.15, 0.2) is 30.3 Å². The fourth-order valence-corrected chi connectivity index (χ4v) is 4.04. The molecule has 0 saturated carbocycles. The summed E-state index contributed by atoms with van der Waals surface area (Å²) in [4.78, 5) is 19.5. The first-order valence-corrected chi connectivity index (χ1v) is 10.1. The first-order chi connectivity index (χ1) is 12.6. The van der Waals surface area contributed by atoms with Crippen LogP contribution in [0.2, 0.25) is 0 Å². The Kier molecular flexibility index (Phi) is 6.92. The number of nitrogens with zero attached hydrogens (tertiary/aromatic N) is 3. The fraction of sp³-hybridized carbons (Fsp3) is 0.667. The monoisotopic (exact) mass is 358 g/mol. The molecule has 0 spiro atoms. The number of amides is 1. The number of hydrogen-bond donors (Lipinski definition) is 1. The van der Waals surface area contributed by atoms with Gasteiger partial charge in [0.1, 0.15) is 0 Å². The topological polar surface area (TPSA) is 38.8 Å². The molecule has 1 aromatic rings. The van der Waals surface area contributed by atoms with E-state index in [1.165, 1.54) is 12.2 Å². The third kappa shape index (κ3) is 5.71. The van der Waals surface area contributed by atoms with Crippen LogP contribution in [0, 0.1) is 11.8 Å². The third-order valence-electron chi connectivity index (χ3n) is 5.45. The molecule has 0 bridgehead atoms. The Labute approximate surface area is 158 Å². The Bertz CT molecular complexity index is 554. The largest absolute Gasteiger partial charge is 0.371 e. The summed E-state index contributed by atoms with van der Waals surface area (Å²) in [5, 5.41) is 3.17. The molecule has 1 unspecified atom stereocenters. The number of anilines is 1. The van der Waals surface area contributed by atoms with Crippen molar-refractivity contribution < 1.29 is 4.79 Å². The highest BCUT2D eigenvalue weighted by Gasteiger charge is 2.24. The van der Waals surface area contributed by atoms with Crippen molar-refractivity contribution in [2.75, 3.05) is 63.8 Å². The SMILES string of the molecule is CC(C)CN1CCN(CC(=O)NCC2CCN(c3ccccc3)C2)CC1. The van der Waals surface area contributed by atoms with Gasteiger partial charge in [-0.25, -0.2) is 0 Å². The molecular weight excluding hydrogens is 324 g/mol. The van der Waals surface area contributed by atoms with Crippen molar-refractivity contribution in [2.45, 2.75) is 20.3 Å². The van der Waals surface area contributed by atoms with Crippen LogP contribution in [0.4, 0.5) is 5.69 Å². The quantitative estimate of drug-likeness (QED) is 0.808. The average Bonchev–Trinajstić information content (AvgIpc) is 3.11. The van der Waals surface area contributed by atoms with Gasteiger partial charge in [0.2, 0.25) is 5.91 Å². The molecular formula is C21H34N4O. The molecule has 1 aromatic carbocycles. The van der Waals surface area contributed by atoms with Crippen molar-refractivity contribution in [3.8, 4) is 0 Å². The van der Waals surface area contributed by atoms with Gasteiger partial charge < -0.3 is 15.1 Å². The summed E-state index contributed by atoms with van der Waals surface area (Å²) >= 11 is 0. The number of piperazine rings is 1. The first kappa shape index (κ1) is 19.2. The Morgan fingerprint density at radius 2 is 1.77 bits per heavy atom. The molecule has 5 nitrogen and oxygen atoms in total. The molecule has 0 aromatic heterocycles. The normalized spacial score (nSPS) is 22.1. The Hall–Kier alpha value is -1.59. The maximum absolute atomic E-state index is 12.3. The Balaban J connectivity index is 1.33. The highest BCUT2D eigenvalue weighted by Crippen LogP contribution is 2.22. The zero-order valence-electron chi connectivity index (χ0n) is 16.4. The molecule has 0 aliphatic carbocycles. The van der Waals surface area contributed by atoms with E-state index < -0.39 is 0 Å². The summed E-state index contributed by atoms with van der Waals surface area (Å²) in [6, 6.07) is 10.6. The zero-order chi connectivity index (χ0) is 18.4. The third-order valence-corrected chi connectivity index (χ3v) is 5.45. The minimum atomic E-state index is 0.181. The average molecular weight is 359 g/mol. The lowest BCUT2D eigenvalue weighted by atomic mass is 10.1. The summed E-state index contributed by atoms with van der Waals surface area (Å²) < 4.78 is 0. The van der Waals surface area contributed by atoms with Gasteiger partial charge in [-0.2, -0.15) is 0 Å². The second kappa shape index (κ2) is 9.38. The summed E-state index contributed by atoms with van der Waals surface area (Å²) in [5.74, 6) is 1.45. The maximum Gasteiger partial charge on any atom is 0.234 e. The maximum atomic E-state index is 12.3. The van der Waals surface area contributed by atoms with E-state index >= 15 is 0 Å². The summed E-state index contributed by atoms with van der Waals surface area (Å²) in [6.07, 6.45) is 1.16. The van der Waals surface area contributed by atoms with E-state index in [-0.39, 0.29) is 5.91 Å². The van der Waals surface area contributed by atoms with Crippen molar-refractivity contribution in [3.63, 3.8) is 0 Å². The minimum absolute atomic E-state index is 0.181. The highest BCUT2D eigenvalue weighted by atomic mass is 16.2. The van der Waals surface area contributed by atoms with Crippen LogP contribution in [0.3, 0.4) is 0 Å². The van der Waals surface area contributed by atoms with Crippen LogP contribution in [-0.2, 0) is 4.79 Å². The van der Waals surface area contributed by atoms with Gasteiger partial charge in [-0.3, -0.25) is 9.69 Å². The second-order valence-electron chi connectivity index (χ2n) is 8.21. The van der Waals surface area contributed by atoms with E-state index in [9.17, 15) is 4.79 Å². The van der Waals surface area contributed by atoms with Crippen molar-refractivity contribution in [2.24, 2.45) is 11.8 Å². The molecule has 2 heterocycles. The summed E-state index contributed by atoms with van der Waals surface area (Å²) in [6.45, 7) is 13.3. The number of para-hydroxylation sites is 1. The van der Waals surface area contributed by atoms with Crippen molar-refractivity contribution in [1.82, 2.24) is 15.1 Å². The standard InChI is InChI=1S/C21H34N4O/c1-18(2)15-23-10-12-24(13-11-23)17-21(26)22-14-19-8-9-25(16-19)20-6-4-3-5-7-20/h3-7,18-19H,8-17H2,1-2H3,(H,22,26). The summed E-state index contributed by atoms with van der Waals surface area (Å²) in [7, 11) is 0. The second-order valence-corrected chi connectivity index (χ2v) is 8.21. The van der Waals surface area contributed by atoms with Crippen molar-refractivity contribution in [1.29, 1.82) is 0 Å². The molecule has 2 aliphatic rings. The van der Waals surface area contributed by atoms with Crippen LogP contribution in [0.5, 0.6) is 0 Å². The van der Waals surface area contributed by atoms with Gasteiger partial charge in [0.15, 0.2) is 0 Å². The number of hydrogen-bond acceptors (Lipinski definition) is 4. The summed E-state index contributed by atoms with van der Waals surface area (Å²) in [5.41, 5.74) is 1.29. The predicted octanol–water partition coefficient (Wildman–Crippen LogP) is 1.90. The predicted molar refractivity (Wildman–Crippen MR) is 107 cm³/mol. The lowest BCUT2D eigenvalue weighted by Gasteiger charge is -2.35. The molecule has 144 valence electrons. The van der Waals surface area contributed by atoms with Gasteiger partial charge in [0.05, 0.1) is 6.54 Å². The number of rotatable bonds is 7. The van der Waals surface area contributed by atoms with E-state index in [1.54, 1.807) is 0 Å². The van der Waals surface area contributed by atoms with E-state index in [0.717, 1.165) is 52.2 Å². The van der Waals surface area contributed by atoms with Gasteiger partial charge in [0, 0.05) is 58.0 Å². The van der Waals surface area contributed by atoms with Crippen LogP contribution >= 0.6 is 0 Å². The van der Waals surface area contributed by atoms with Crippen LogP contribution in [0.25, 0.3) is 0 Å². The highest BCUT2D eigenvalue weighted by molar-refractivity contribution is 5.78. The molecule has 1 N–H and O–H groups in total. The zero-order valence-corrected chi connectivity index (χ0v) is 16.4. The smallest absolute Gasteiger partial charge is 0.234 e. The number of carbonyl (C=O) groups is 1. The molecule has 5 heteroatoms. The Morgan fingerprint density at radius 3 is 2.46 bits per heavy atom. The molecule has 0 radical (unpaired) electrons. The van der Waals surface area contributed by atoms with E-state index in [1.807, 2.05) is 0 Å². The molecule has 2 saturated heterocycles. The molecule has 26 heavy (non-hydrogen) atoms.